The summed E-state index contributed by atoms with van der Waals surface area (Å²) in [7, 11) is 0. The maximum atomic E-state index is 9.90. The molecule has 0 heterocycles. The molecule has 0 aliphatic rings. The van der Waals surface area contributed by atoms with Crippen molar-refractivity contribution in [3.63, 3.8) is 0 Å². The highest BCUT2D eigenvalue weighted by molar-refractivity contribution is 5.77. The molecule has 0 atom stereocenters. The molecule has 0 fully saturated rings. The Balaban J connectivity index is 3.00. The lowest BCUT2D eigenvalue weighted by molar-refractivity contribution is 1.48. The molecule has 10 heavy (non-hydrogen) atoms. The SMILES string of the molecule is N=Cc1ccc(N=O)cc1. The van der Waals surface area contributed by atoms with E-state index in [1.807, 2.05) is 0 Å². The summed E-state index contributed by atoms with van der Waals surface area (Å²) < 4.78 is 0. The van der Waals surface area contributed by atoms with Gasteiger partial charge in [-0.2, -0.15) is 0 Å². The summed E-state index contributed by atoms with van der Waals surface area (Å²) in [6, 6.07) is 6.49. The Labute approximate surface area is 58.2 Å². The predicted molar refractivity (Wildman–Crippen MR) is 39.8 cm³/mol. The van der Waals surface area contributed by atoms with Crippen LogP contribution < -0.4 is 0 Å². The zero-order chi connectivity index (χ0) is 7.40. The molecule has 0 aliphatic heterocycles. The third kappa shape index (κ3) is 1.25. The van der Waals surface area contributed by atoms with E-state index in [-0.39, 0.29) is 0 Å². The van der Waals surface area contributed by atoms with E-state index in [0.29, 0.717) is 5.69 Å². The van der Waals surface area contributed by atoms with Gasteiger partial charge in [0.2, 0.25) is 0 Å². The largest absolute Gasteiger partial charge is 0.308 e. The standard InChI is InChI=1S/C7H6N2O/c8-5-6-1-3-7(9-10)4-2-6/h1-5,8H. The minimum absolute atomic E-state index is 0.394. The second-order valence-electron chi connectivity index (χ2n) is 1.83. The van der Waals surface area contributed by atoms with Crippen molar-refractivity contribution in [3.8, 4) is 0 Å². The molecule has 1 rings (SSSR count). The molecule has 3 heteroatoms. The number of benzene rings is 1. The quantitative estimate of drug-likeness (QED) is 0.488. The molecule has 0 aliphatic carbocycles. The summed E-state index contributed by atoms with van der Waals surface area (Å²) in [4.78, 5) is 9.90. The average Bonchev–Trinajstić information content (AvgIpc) is 2.05. The first kappa shape index (κ1) is 6.61. The van der Waals surface area contributed by atoms with Crippen LogP contribution in [0.25, 0.3) is 0 Å². The fourth-order valence-corrected chi connectivity index (χ4v) is 0.631. The molecular formula is C7H6N2O. The van der Waals surface area contributed by atoms with Crippen LogP contribution in [0.4, 0.5) is 5.69 Å². The second kappa shape index (κ2) is 2.87. The van der Waals surface area contributed by atoms with Gasteiger partial charge in [0.15, 0.2) is 0 Å². The molecule has 0 saturated carbocycles. The average molecular weight is 134 g/mol. The Kier molecular flexibility index (Phi) is 1.89. The van der Waals surface area contributed by atoms with Gasteiger partial charge in [-0.1, -0.05) is 12.1 Å². The monoisotopic (exact) mass is 134 g/mol. The summed E-state index contributed by atoms with van der Waals surface area (Å²) in [5.74, 6) is 0. The van der Waals surface area contributed by atoms with Gasteiger partial charge >= 0.3 is 0 Å². The maximum Gasteiger partial charge on any atom is 0.108 e. The van der Waals surface area contributed by atoms with Crippen LogP contribution in [-0.4, -0.2) is 6.21 Å². The third-order valence-corrected chi connectivity index (χ3v) is 1.17. The lowest BCUT2D eigenvalue weighted by Crippen LogP contribution is -1.74. The van der Waals surface area contributed by atoms with E-state index in [1.54, 1.807) is 24.3 Å². The molecule has 0 unspecified atom stereocenters. The Hall–Kier alpha value is -1.51. The van der Waals surface area contributed by atoms with E-state index in [0.717, 1.165) is 5.56 Å². The van der Waals surface area contributed by atoms with Gasteiger partial charge in [0.1, 0.15) is 5.69 Å². The summed E-state index contributed by atoms with van der Waals surface area (Å²) >= 11 is 0. The minimum Gasteiger partial charge on any atom is -0.308 e. The summed E-state index contributed by atoms with van der Waals surface area (Å²) in [6.07, 6.45) is 1.22. The molecular weight excluding hydrogens is 128 g/mol. The first-order chi connectivity index (χ1) is 4.86. The van der Waals surface area contributed by atoms with Crippen LogP contribution in [0, 0.1) is 10.3 Å². The van der Waals surface area contributed by atoms with Crippen molar-refractivity contribution in [2.45, 2.75) is 0 Å². The number of nitrogens with one attached hydrogen (secondary N) is 1. The number of nitrogens with zero attached hydrogens (tertiary/aromatic N) is 1. The molecule has 0 saturated heterocycles. The van der Waals surface area contributed by atoms with Gasteiger partial charge in [0.25, 0.3) is 0 Å². The van der Waals surface area contributed by atoms with Gasteiger partial charge in [0, 0.05) is 6.21 Å². The molecule has 0 amide bonds. The second-order valence-corrected chi connectivity index (χ2v) is 1.83. The lowest BCUT2D eigenvalue weighted by Gasteiger charge is -1.88. The van der Waals surface area contributed by atoms with Crippen molar-refractivity contribution in [1.82, 2.24) is 0 Å². The molecule has 1 aromatic rings. The van der Waals surface area contributed by atoms with Crippen LogP contribution >= 0.6 is 0 Å². The van der Waals surface area contributed by atoms with Crippen molar-refractivity contribution in [1.29, 1.82) is 5.41 Å². The number of rotatable bonds is 2. The highest BCUT2D eigenvalue weighted by Crippen LogP contribution is 2.10. The zero-order valence-electron chi connectivity index (χ0n) is 5.24. The lowest BCUT2D eigenvalue weighted by atomic mass is 10.2. The minimum atomic E-state index is 0.394. The summed E-state index contributed by atoms with van der Waals surface area (Å²) in [5, 5.41) is 9.56. The van der Waals surface area contributed by atoms with Gasteiger partial charge in [-0.15, -0.1) is 4.91 Å². The van der Waals surface area contributed by atoms with Crippen LogP contribution in [0.15, 0.2) is 29.4 Å². The van der Waals surface area contributed by atoms with Crippen LogP contribution in [0.5, 0.6) is 0 Å². The van der Waals surface area contributed by atoms with Gasteiger partial charge in [-0.25, -0.2) is 0 Å². The summed E-state index contributed by atoms with van der Waals surface area (Å²) in [6.45, 7) is 0. The molecule has 0 radical (unpaired) electrons. The fraction of sp³-hybridized carbons (Fsp3) is 0. The molecule has 1 N–H and O–H groups in total. The molecule has 3 nitrogen and oxygen atoms in total. The van der Waals surface area contributed by atoms with Crippen LogP contribution in [-0.2, 0) is 0 Å². The van der Waals surface area contributed by atoms with E-state index in [4.69, 9.17) is 5.41 Å². The van der Waals surface area contributed by atoms with Crippen molar-refractivity contribution >= 4 is 11.9 Å². The highest BCUT2D eigenvalue weighted by atomic mass is 16.3. The van der Waals surface area contributed by atoms with Gasteiger partial charge < -0.3 is 5.41 Å². The molecule has 1 aromatic carbocycles. The zero-order valence-corrected chi connectivity index (χ0v) is 5.24. The van der Waals surface area contributed by atoms with Crippen LogP contribution in [0.1, 0.15) is 5.56 Å². The summed E-state index contributed by atoms with van der Waals surface area (Å²) in [5.41, 5.74) is 1.16. The van der Waals surface area contributed by atoms with E-state index < -0.39 is 0 Å². The molecule has 0 spiro atoms. The first-order valence-electron chi connectivity index (χ1n) is 2.80. The number of hydrogen-bond acceptors (Lipinski definition) is 3. The van der Waals surface area contributed by atoms with Crippen molar-refractivity contribution in [3.05, 3.63) is 34.7 Å². The number of hydrogen-bond donors (Lipinski definition) is 1. The Bertz CT molecular complexity index is 213. The van der Waals surface area contributed by atoms with E-state index in [1.165, 1.54) is 6.21 Å². The van der Waals surface area contributed by atoms with Crippen molar-refractivity contribution < 1.29 is 0 Å². The predicted octanol–water partition coefficient (Wildman–Crippen LogP) is 2.08. The van der Waals surface area contributed by atoms with E-state index in [9.17, 15) is 4.91 Å². The fourth-order valence-electron chi connectivity index (χ4n) is 0.631. The Morgan fingerprint density at radius 2 is 1.90 bits per heavy atom. The van der Waals surface area contributed by atoms with Gasteiger partial charge in [-0.3, -0.25) is 0 Å². The van der Waals surface area contributed by atoms with Crippen molar-refractivity contribution in [2.75, 3.05) is 0 Å². The molecule has 50 valence electrons. The van der Waals surface area contributed by atoms with Crippen molar-refractivity contribution in [2.24, 2.45) is 5.18 Å². The first-order valence-corrected chi connectivity index (χ1v) is 2.80. The van der Waals surface area contributed by atoms with E-state index in [2.05, 4.69) is 5.18 Å². The number of nitroso groups, excluding NO2 is 1. The third-order valence-electron chi connectivity index (χ3n) is 1.17. The van der Waals surface area contributed by atoms with Crippen LogP contribution in [0.3, 0.4) is 0 Å². The van der Waals surface area contributed by atoms with Gasteiger partial charge in [-0.05, 0) is 22.9 Å². The van der Waals surface area contributed by atoms with Gasteiger partial charge in [0.05, 0.1) is 0 Å². The molecule has 0 aromatic heterocycles. The maximum absolute atomic E-state index is 9.90. The normalized spacial score (nSPS) is 8.80. The Morgan fingerprint density at radius 3 is 2.30 bits per heavy atom. The van der Waals surface area contributed by atoms with Crippen LogP contribution in [0.2, 0.25) is 0 Å². The topological polar surface area (TPSA) is 53.3 Å². The smallest absolute Gasteiger partial charge is 0.108 e. The highest BCUT2D eigenvalue weighted by Gasteiger charge is 1.88. The molecule has 0 bridgehead atoms. The van der Waals surface area contributed by atoms with E-state index >= 15 is 0 Å². The Morgan fingerprint density at radius 1 is 1.30 bits per heavy atom.